The Morgan fingerprint density at radius 1 is 1.05 bits per heavy atom. The number of aryl methyl sites for hydroxylation is 1. The van der Waals surface area contributed by atoms with Gasteiger partial charge in [-0.15, -0.1) is 10.2 Å². The van der Waals surface area contributed by atoms with Crippen molar-refractivity contribution in [3.05, 3.63) is 66.1 Å². The average molecular weight is 280 g/mol. The van der Waals surface area contributed by atoms with Gasteiger partial charge in [0.2, 0.25) is 11.6 Å². The lowest BCUT2D eigenvalue weighted by molar-refractivity contribution is 0.0692. The van der Waals surface area contributed by atoms with Crippen LogP contribution in [0.25, 0.3) is 11.3 Å². The molecule has 0 saturated carbocycles. The lowest BCUT2D eigenvalue weighted by atomic mass is 10.1. The van der Waals surface area contributed by atoms with Crippen LogP contribution >= 0.6 is 0 Å². The number of hydrogen-bond donors (Lipinski definition) is 0. The zero-order valence-corrected chi connectivity index (χ0v) is 11.3. The Labute approximate surface area is 121 Å². The summed E-state index contributed by atoms with van der Waals surface area (Å²) < 4.78 is 10.0. The van der Waals surface area contributed by atoms with E-state index in [1.807, 2.05) is 31.2 Å². The van der Waals surface area contributed by atoms with Crippen molar-refractivity contribution in [1.29, 1.82) is 0 Å². The summed E-state index contributed by atoms with van der Waals surface area (Å²) in [6.45, 7) is 2.02. The highest BCUT2D eigenvalue weighted by molar-refractivity contribution is 5.87. The maximum Gasteiger partial charge on any atom is 0.380 e. The van der Waals surface area contributed by atoms with E-state index in [2.05, 4.69) is 10.2 Å². The number of hydrogen-bond acceptors (Lipinski definition) is 5. The lowest BCUT2D eigenvalue weighted by Gasteiger charge is -2.03. The molecule has 0 fully saturated rings. The third kappa shape index (κ3) is 2.97. The van der Waals surface area contributed by atoms with Crippen LogP contribution in [0, 0.1) is 6.92 Å². The van der Waals surface area contributed by atoms with Gasteiger partial charge in [-0.2, -0.15) is 0 Å². The number of carbonyl (C=O) groups excluding carboxylic acids is 1. The molecule has 2 aromatic heterocycles. The Kier molecular flexibility index (Phi) is 3.47. The topological polar surface area (TPSA) is 65.2 Å². The van der Waals surface area contributed by atoms with Gasteiger partial charge >= 0.3 is 5.97 Å². The summed E-state index contributed by atoms with van der Waals surface area (Å²) in [7, 11) is 0. The Bertz CT molecular complexity index is 732. The first-order valence-electron chi connectivity index (χ1n) is 6.39. The zero-order chi connectivity index (χ0) is 14.7. The first kappa shape index (κ1) is 13.1. The maximum atomic E-state index is 11.7. The van der Waals surface area contributed by atoms with E-state index < -0.39 is 5.97 Å². The maximum absolute atomic E-state index is 11.7. The van der Waals surface area contributed by atoms with Crippen molar-refractivity contribution in [2.24, 2.45) is 0 Å². The fraction of sp³-hybridized carbons (Fsp3) is 0.0625. The molecule has 0 radical (unpaired) electrons. The summed E-state index contributed by atoms with van der Waals surface area (Å²) in [5.41, 5.74) is 2.85. The molecule has 2 heterocycles. The van der Waals surface area contributed by atoms with Crippen LogP contribution in [0.3, 0.4) is 0 Å². The standard InChI is InChI=1S/C16H12N2O3/c1-11-4-6-12(7-5-11)13-8-9-15(18-17-13)21-16(19)14-3-2-10-20-14/h2-10H,1H3. The van der Waals surface area contributed by atoms with Crippen LogP contribution < -0.4 is 4.74 Å². The van der Waals surface area contributed by atoms with Crippen LogP contribution in [0.1, 0.15) is 16.1 Å². The predicted molar refractivity (Wildman–Crippen MR) is 75.9 cm³/mol. The summed E-state index contributed by atoms with van der Waals surface area (Å²) in [6.07, 6.45) is 1.41. The second-order valence-electron chi connectivity index (χ2n) is 4.49. The molecule has 0 N–H and O–H groups in total. The van der Waals surface area contributed by atoms with Crippen molar-refractivity contribution in [2.45, 2.75) is 6.92 Å². The third-order valence-corrected chi connectivity index (χ3v) is 2.91. The first-order chi connectivity index (χ1) is 10.2. The number of nitrogens with zero attached hydrogens (tertiary/aromatic N) is 2. The van der Waals surface area contributed by atoms with Crippen LogP contribution in [0.2, 0.25) is 0 Å². The molecule has 104 valence electrons. The van der Waals surface area contributed by atoms with Gasteiger partial charge in [0.15, 0.2) is 0 Å². The molecule has 0 aliphatic rings. The monoisotopic (exact) mass is 280 g/mol. The molecule has 5 heteroatoms. The van der Waals surface area contributed by atoms with Crippen molar-refractivity contribution in [3.8, 4) is 17.1 Å². The molecule has 0 unspecified atom stereocenters. The summed E-state index contributed by atoms with van der Waals surface area (Å²) >= 11 is 0. The van der Waals surface area contributed by atoms with Crippen LogP contribution in [-0.4, -0.2) is 16.2 Å². The highest BCUT2D eigenvalue weighted by Gasteiger charge is 2.12. The second kappa shape index (κ2) is 5.58. The number of esters is 1. The summed E-state index contributed by atoms with van der Waals surface area (Å²) in [4.78, 5) is 11.7. The van der Waals surface area contributed by atoms with Gasteiger partial charge in [-0.1, -0.05) is 29.8 Å². The molecule has 3 aromatic rings. The van der Waals surface area contributed by atoms with E-state index in [9.17, 15) is 4.79 Å². The molecule has 0 atom stereocenters. The van der Waals surface area contributed by atoms with E-state index in [0.29, 0.717) is 5.69 Å². The molecule has 0 amide bonds. The molecule has 21 heavy (non-hydrogen) atoms. The molecule has 0 bridgehead atoms. The molecule has 5 nitrogen and oxygen atoms in total. The minimum atomic E-state index is -0.600. The third-order valence-electron chi connectivity index (χ3n) is 2.91. The second-order valence-corrected chi connectivity index (χ2v) is 4.49. The fourth-order valence-electron chi connectivity index (χ4n) is 1.79. The summed E-state index contributed by atoms with van der Waals surface area (Å²) in [5, 5.41) is 7.95. The minimum Gasteiger partial charge on any atom is -0.457 e. The summed E-state index contributed by atoms with van der Waals surface area (Å²) in [6, 6.07) is 14.4. The van der Waals surface area contributed by atoms with E-state index in [1.54, 1.807) is 18.2 Å². The van der Waals surface area contributed by atoms with Crippen molar-refractivity contribution >= 4 is 5.97 Å². The van der Waals surface area contributed by atoms with E-state index >= 15 is 0 Å². The van der Waals surface area contributed by atoms with Gasteiger partial charge in [-0.3, -0.25) is 0 Å². The number of carbonyl (C=O) groups is 1. The lowest BCUT2D eigenvalue weighted by Crippen LogP contribution is -2.08. The normalized spacial score (nSPS) is 10.3. The van der Waals surface area contributed by atoms with Crippen molar-refractivity contribution in [2.75, 3.05) is 0 Å². The quantitative estimate of drug-likeness (QED) is 0.689. The number of ether oxygens (including phenoxy) is 1. The molecule has 0 spiro atoms. The number of furan rings is 1. The smallest absolute Gasteiger partial charge is 0.380 e. The van der Waals surface area contributed by atoms with Crippen LogP contribution in [0.4, 0.5) is 0 Å². The largest absolute Gasteiger partial charge is 0.457 e. The van der Waals surface area contributed by atoms with E-state index in [-0.39, 0.29) is 11.6 Å². The average Bonchev–Trinajstić information content (AvgIpc) is 3.03. The van der Waals surface area contributed by atoms with E-state index in [4.69, 9.17) is 9.15 Å². The molecule has 0 aliphatic heterocycles. The first-order valence-corrected chi connectivity index (χ1v) is 6.39. The molecule has 0 aliphatic carbocycles. The van der Waals surface area contributed by atoms with Gasteiger partial charge in [-0.05, 0) is 25.1 Å². The Morgan fingerprint density at radius 3 is 2.48 bits per heavy atom. The van der Waals surface area contributed by atoms with E-state index in [1.165, 1.54) is 17.9 Å². The molecule has 0 saturated heterocycles. The van der Waals surface area contributed by atoms with Crippen LogP contribution in [0.15, 0.2) is 59.2 Å². The van der Waals surface area contributed by atoms with Gasteiger partial charge < -0.3 is 9.15 Å². The van der Waals surface area contributed by atoms with Crippen LogP contribution in [0.5, 0.6) is 5.88 Å². The molecule has 3 rings (SSSR count). The van der Waals surface area contributed by atoms with Crippen molar-refractivity contribution in [1.82, 2.24) is 10.2 Å². The minimum absolute atomic E-state index is 0.124. The zero-order valence-electron chi connectivity index (χ0n) is 11.3. The van der Waals surface area contributed by atoms with Gasteiger partial charge in [0.25, 0.3) is 0 Å². The Balaban J connectivity index is 1.75. The summed E-state index contributed by atoms with van der Waals surface area (Å²) in [5.74, 6) is -0.343. The molecule has 1 aromatic carbocycles. The van der Waals surface area contributed by atoms with Gasteiger partial charge in [0.1, 0.15) is 0 Å². The fourth-order valence-corrected chi connectivity index (χ4v) is 1.79. The van der Waals surface area contributed by atoms with E-state index in [0.717, 1.165) is 5.56 Å². The number of benzene rings is 1. The Hall–Kier alpha value is -2.95. The number of rotatable bonds is 3. The predicted octanol–water partition coefficient (Wildman–Crippen LogP) is 3.26. The van der Waals surface area contributed by atoms with Crippen molar-refractivity contribution < 1.29 is 13.9 Å². The van der Waals surface area contributed by atoms with Gasteiger partial charge in [-0.25, -0.2) is 4.79 Å². The molecular weight excluding hydrogens is 268 g/mol. The Morgan fingerprint density at radius 2 is 1.86 bits per heavy atom. The van der Waals surface area contributed by atoms with Gasteiger partial charge in [0.05, 0.1) is 12.0 Å². The van der Waals surface area contributed by atoms with Crippen molar-refractivity contribution in [3.63, 3.8) is 0 Å². The van der Waals surface area contributed by atoms with Gasteiger partial charge in [0, 0.05) is 11.6 Å². The molecular formula is C16H12N2O3. The highest BCUT2D eigenvalue weighted by atomic mass is 16.6. The number of aromatic nitrogens is 2. The van der Waals surface area contributed by atoms with Crippen LogP contribution in [-0.2, 0) is 0 Å². The highest BCUT2D eigenvalue weighted by Crippen LogP contribution is 2.18. The SMILES string of the molecule is Cc1ccc(-c2ccc(OC(=O)c3ccco3)nn2)cc1.